The lowest BCUT2D eigenvalue weighted by Gasteiger charge is -2.31. The normalized spacial score (nSPS) is 18.2. The smallest absolute Gasteiger partial charge is 0.137 e. The molecule has 0 saturated carbocycles. The van der Waals surface area contributed by atoms with Crippen molar-refractivity contribution in [3.8, 4) is 0 Å². The van der Waals surface area contributed by atoms with Crippen molar-refractivity contribution < 1.29 is 9.13 Å². The van der Waals surface area contributed by atoms with Crippen LogP contribution in [0, 0.1) is 5.82 Å². The first-order valence-corrected chi connectivity index (χ1v) is 7.17. The number of hydrogen-bond acceptors (Lipinski definition) is 2. The highest BCUT2D eigenvalue weighted by molar-refractivity contribution is 9.10. The van der Waals surface area contributed by atoms with E-state index in [1.807, 2.05) is 12.1 Å². The predicted molar refractivity (Wildman–Crippen MR) is 74.3 cm³/mol. The van der Waals surface area contributed by atoms with Crippen LogP contribution in [0.25, 0.3) is 0 Å². The molecule has 100 valence electrons. The van der Waals surface area contributed by atoms with Crippen LogP contribution in [0.4, 0.5) is 4.39 Å². The van der Waals surface area contributed by atoms with Gasteiger partial charge in [0.05, 0.1) is 10.6 Å². The molecule has 1 aliphatic rings. The molecule has 1 aromatic carbocycles. The molecule has 0 bridgehead atoms. The topological polar surface area (TPSA) is 12.5 Å². The van der Waals surface area contributed by atoms with Gasteiger partial charge in [-0.05, 0) is 52.9 Å². The Bertz CT molecular complexity index is 391. The van der Waals surface area contributed by atoms with Gasteiger partial charge in [-0.3, -0.25) is 0 Å². The minimum atomic E-state index is -0.195. The zero-order valence-electron chi connectivity index (χ0n) is 10.7. The van der Waals surface area contributed by atoms with Gasteiger partial charge in [-0.25, -0.2) is 4.39 Å². The minimum Gasteiger partial charge on any atom is -0.381 e. The summed E-state index contributed by atoms with van der Waals surface area (Å²) >= 11 is 3.22. The molecule has 0 amide bonds. The summed E-state index contributed by atoms with van der Waals surface area (Å²) in [6, 6.07) is 5.26. The van der Waals surface area contributed by atoms with E-state index in [4.69, 9.17) is 4.74 Å². The van der Waals surface area contributed by atoms with E-state index in [1.165, 1.54) is 11.6 Å². The summed E-state index contributed by atoms with van der Waals surface area (Å²) in [5.41, 5.74) is 1.18. The SMILES string of the molecule is COC1CCN(CCc2ccc(F)c(Br)c2)CC1. The molecule has 1 saturated heterocycles. The minimum absolute atomic E-state index is 0.195. The fraction of sp³-hybridized carbons (Fsp3) is 0.571. The van der Waals surface area contributed by atoms with Crippen LogP contribution in [0.5, 0.6) is 0 Å². The van der Waals surface area contributed by atoms with Gasteiger partial charge in [-0.1, -0.05) is 6.07 Å². The van der Waals surface area contributed by atoms with Crippen LogP contribution >= 0.6 is 15.9 Å². The fourth-order valence-electron chi connectivity index (χ4n) is 2.35. The maximum atomic E-state index is 13.1. The van der Waals surface area contributed by atoms with Gasteiger partial charge in [-0.15, -0.1) is 0 Å². The summed E-state index contributed by atoms with van der Waals surface area (Å²) in [6.07, 6.45) is 3.63. The number of benzene rings is 1. The summed E-state index contributed by atoms with van der Waals surface area (Å²) in [7, 11) is 1.79. The van der Waals surface area contributed by atoms with Gasteiger partial charge in [0.1, 0.15) is 5.82 Å². The number of likely N-dealkylation sites (tertiary alicyclic amines) is 1. The molecule has 1 aliphatic heterocycles. The first-order valence-electron chi connectivity index (χ1n) is 6.38. The average molecular weight is 316 g/mol. The lowest BCUT2D eigenvalue weighted by molar-refractivity contribution is 0.0415. The molecule has 0 unspecified atom stereocenters. The third kappa shape index (κ3) is 3.77. The molecule has 18 heavy (non-hydrogen) atoms. The highest BCUT2D eigenvalue weighted by Crippen LogP contribution is 2.18. The Morgan fingerprint density at radius 3 is 2.72 bits per heavy atom. The molecule has 2 nitrogen and oxygen atoms in total. The van der Waals surface area contributed by atoms with E-state index < -0.39 is 0 Å². The second kappa shape index (κ2) is 6.64. The Balaban J connectivity index is 1.79. The number of piperidine rings is 1. The third-order valence-corrected chi connectivity index (χ3v) is 4.18. The summed E-state index contributed by atoms with van der Waals surface area (Å²) in [4.78, 5) is 2.45. The lowest BCUT2D eigenvalue weighted by atomic mass is 10.1. The van der Waals surface area contributed by atoms with Crippen LogP contribution in [0.2, 0.25) is 0 Å². The van der Waals surface area contributed by atoms with Crippen molar-refractivity contribution in [2.45, 2.75) is 25.4 Å². The van der Waals surface area contributed by atoms with Crippen molar-refractivity contribution in [1.29, 1.82) is 0 Å². The molecule has 0 N–H and O–H groups in total. The van der Waals surface area contributed by atoms with Crippen LogP contribution in [-0.2, 0) is 11.2 Å². The molecule has 0 aromatic heterocycles. The number of hydrogen-bond donors (Lipinski definition) is 0. The van der Waals surface area contributed by atoms with Gasteiger partial charge in [0, 0.05) is 26.7 Å². The van der Waals surface area contributed by atoms with Crippen LogP contribution in [0.15, 0.2) is 22.7 Å². The average Bonchev–Trinajstić information content (AvgIpc) is 2.41. The van der Waals surface area contributed by atoms with E-state index in [-0.39, 0.29) is 5.82 Å². The zero-order valence-corrected chi connectivity index (χ0v) is 12.2. The molecule has 1 heterocycles. The van der Waals surface area contributed by atoms with E-state index in [1.54, 1.807) is 7.11 Å². The van der Waals surface area contributed by atoms with E-state index >= 15 is 0 Å². The van der Waals surface area contributed by atoms with Crippen LogP contribution in [0.3, 0.4) is 0 Å². The molecular formula is C14H19BrFNO. The molecule has 2 rings (SSSR count). The highest BCUT2D eigenvalue weighted by Gasteiger charge is 2.18. The molecule has 0 aliphatic carbocycles. The maximum Gasteiger partial charge on any atom is 0.137 e. The Labute approximate surface area is 116 Å². The maximum absolute atomic E-state index is 13.1. The molecule has 0 radical (unpaired) electrons. The number of halogens is 2. The van der Waals surface area contributed by atoms with Gasteiger partial charge in [0.2, 0.25) is 0 Å². The first-order chi connectivity index (χ1) is 8.69. The lowest BCUT2D eigenvalue weighted by Crippen LogP contribution is -2.37. The van der Waals surface area contributed by atoms with Crippen molar-refractivity contribution in [1.82, 2.24) is 4.90 Å². The summed E-state index contributed by atoms with van der Waals surface area (Å²) in [6.45, 7) is 3.23. The molecule has 0 atom stereocenters. The van der Waals surface area contributed by atoms with E-state index in [9.17, 15) is 4.39 Å². The van der Waals surface area contributed by atoms with Crippen LogP contribution in [-0.4, -0.2) is 37.7 Å². The van der Waals surface area contributed by atoms with Crippen LogP contribution < -0.4 is 0 Å². The Hall–Kier alpha value is -0.450. The molecule has 1 fully saturated rings. The van der Waals surface area contributed by atoms with Crippen LogP contribution in [0.1, 0.15) is 18.4 Å². The third-order valence-electron chi connectivity index (χ3n) is 3.57. The highest BCUT2D eigenvalue weighted by atomic mass is 79.9. The molecule has 1 aromatic rings. The van der Waals surface area contributed by atoms with E-state index in [0.717, 1.165) is 38.9 Å². The first kappa shape index (κ1) is 14.0. The van der Waals surface area contributed by atoms with Crippen molar-refractivity contribution >= 4 is 15.9 Å². The van der Waals surface area contributed by atoms with Crippen molar-refractivity contribution in [2.24, 2.45) is 0 Å². The Morgan fingerprint density at radius 1 is 1.39 bits per heavy atom. The van der Waals surface area contributed by atoms with Crippen molar-refractivity contribution in [3.05, 3.63) is 34.1 Å². The second-order valence-corrected chi connectivity index (χ2v) is 5.63. The monoisotopic (exact) mass is 315 g/mol. The Morgan fingerprint density at radius 2 is 2.11 bits per heavy atom. The zero-order chi connectivity index (χ0) is 13.0. The second-order valence-electron chi connectivity index (χ2n) is 4.78. The Kier molecular flexibility index (Phi) is 5.15. The number of rotatable bonds is 4. The quantitative estimate of drug-likeness (QED) is 0.845. The molecule has 4 heteroatoms. The fourth-order valence-corrected chi connectivity index (χ4v) is 2.78. The summed E-state index contributed by atoms with van der Waals surface area (Å²) in [5, 5.41) is 0. The van der Waals surface area contributed by atoms with E-state index in [0.29, 0.717) is 10.6 Å². The summed E-state index contributed by atoms with van der Waals surface area (Å²) < 4.78 is 19.0. The van der Waals surface area contributed by atoms with Gasteiger partial charge < -0.3 is 9.64 Å². The number of nitrogens with zero attached hydrogens (tertiary/aromatic N) is 1. The van der Waals surface area contributed by atoms with Gasteiger partial charge in [0.25, 0.3) is 0 Å². The number of ether oxygens (including phenoxy) is 1. The van der Waals surface area contributed by atoms with Gasteiger partial charge in [-0.2, -0.15) is 0 Å². The molecular weight excluding hydrogens is 297 g/mol. The summed E-state index contributed by atoms with van der Waals surface area (Å²) in [5.74, 6) is -0.195. The van der Waals surface area contributed by atoms with Gasteiger partial charge in [0.15, 0.2) is 0 Å². The standard InChI is InChI=1S/C14H19BrFNO/c1-18-12-5-8-17(9-6-12)7-4-11-2-3-14(16)13(15)10-11/h2-3,10,12H,4-9H2,1H3. The molecule has 0 spiro atoms. The van der Waals surface area contributed by atoms with Crippen molar-refractivity contribution in [2.75, 3.05) is 26.7 Å². The number of methoxy groups -OCH3 is 1. The predicted octanol–water partition coefficient (Wildman–Crippen LogP) is 3.24. The van der Waals surface area contributed by atoms with Crippen molar-refractivity contribution in [3.63, 3.8) is 0 Å². The van der Waals surface area contributed by atoms with Gasteiger partial charge >= 0.3 is 0 Å². The largest absolute Gasteiger partial charge is 0.381 e. The van der Waals surface area contributed by atoms with E-state index in [2.05, 4.69) is 20.8 Å².